The van der Waals surface area contributed by atoms with Gasteiger partial charge in [0.15, 0.2) is 0 Å². The van der Waals surface area contributed by atoms with E-state index in [4.69, 9.17) is 0 Å². The maximum atomic E-state index is 13.6. The summed E-state index contributed by atoms with van der Waals surface area (Å²) in [6.45, 7) is 4.56. The predicted molar refractivity (Wildman–Crippen MR) is 76.0 cm³/mol. The molecule has 0 amide bonds. The summed E-state index contributed by atoms with van der Waals surface area (Å²) in [4.78, 5) is 18.6. The molecule has 0 radical (unpaired) electrons. The molecule has 4 nitrogen and oxygen atoms in total. The Balaban J connectivity index is 2.20. The molecule has 0 unspecified atom stereocenters. The number of halogens is 1. The van der Waals surface area contributed by atoms with Crippen LogP contribution in [0.5, 0.6) is 0 Å². The fourth-order valence-electron chi connectivity index (χ4n) is 1.87. The fraction of sp³-hybridized carbons (Fsp3) is 0.333. The highest BCUT2D eigenvalue weighted by molar-refractivity contribution is 5.21. The third-order valence-corrected chi connectivity index (χ3v) is 2.85. The highest BCUT2D eigenvalue weighted by atomic mass is 19.1. The van der Waals surface area contributed by atoms with Crippen molar-refractivity contribution in [2.75, 3.05) is 0 Å². The fourth-order valence-corrected chi connectivity index (χ4v) is 1.87. The first-order valence-electron chi connectivity index (χ1n) is 6.60. The van der Waals surface area contributed by atoms with Crippen LogP contribution in [0.15, 0.2) is 35.1 Å². The molecule has 0 aliphatic rings. The molecule has 0 bridgehead atoms. The molecule has 1 heterocycles. The van der Waals surface area contributed by atoms with Crippen molar-refractivity contribution < 1.29 is 4.39 Å². The van der Waals surface area contributed by atoms with Crippen LogP contribution in [0.1, 0.15) is 30.9 Å². The van der Waals surface area contributed by atoms with Crippen molar-refractivity contribution in [3.63, 3.8) is 0 Å². The minimum absolute atomic E-state index is 0.216. The summed E-state index contributed by atoms with van der Waals surface area (Å²) >= 11 is 0. The molecule has 20 heavy (non-hydrogen) atoms. The van der Waals surface area contributed by atoms with E-state index >= 15 is 0 Å². The number of rotatable bonds is 5. The van der Waals surface area contributed by atoms with Gasteiger partial charge in [-0.15, -0.1) is 0 Å². The second kappa shape index (κ2) is 6.43. The molecule has 0 aliphatic carbocycles. The third kappa shape index (κ3) is 3.99. The first-order chi connectivity index (χ1) is 9.54. The van der Waals surface area contributed by atoms with E-state index in [9.17, 15) is 9.18 Å². The molecule has 2 aromatic rings. The van der Waals surface area contributed by atoms with Crippen LogP contribution in [0.2, 0.25) is 0 Å². The number of aromatic amines is 1. The number of H-pyrrole nitrogens is 1. The van der Waals surface area contributed by atoms with Crippen molar-refractivity contribution >= 4 is 0 Å². The molecule has 0 atom stereocenters. The Kier molecular flexibility index (Phi) is 4.63. The van der Waals surface area contributed by atoms with Crippen LogP contribution >= 0.6 is 0 Å². The number of aromatic nitrogens is 2. The molecule has 0 saturated heterocycles. The first kappa shape index (κ1) is 14.4. The average Bonchev–Trinajstić information content (AvgIpc) is 2.38. The smallest absolute Gasteiger partial charge is 0.251 e. The van der Waals surface area contributed by atoms with Crippen LogP contribution in [0, 0.1) is 5.82 Å². The maximum Gasteiger partial charge on any atom is 0.251 e. The van der Waals surface area contributed by atoms with Gasteiger partial charge in [-0.3, -0.25) is 4.79 Å². The highest BCUT2D eigenvalue weighted by Crippen LogP contribution is 2.09. The summed E-state index contributed by atoms with van der Waals surface area (Å²) in [5.74, 6) is 0.184. The monoisotopic (exact) mass is 275 g/mol. The quantitative estimate of drug-likeness (QED) is 0.877. The molecule has 106 valence electrons. The molecule has 1 aromatic carbocycles. The SMILES string of the molecule is CC(C)NCc1cc(=O)[nH]c(Cc2ccccc2F)n1. The summed E-state index contributed by atoms with van der Waals surface area (Å²) in [6, 6.07) is 8.26. The van der Waals surface area contributed by atoms with Crippen molar-refractivity contribution in [1.82, 2.24) is 15.3 Å². The summed E-state index contributed by atoms with van der Waals surface area (Å²) in [5, 5.41) is 3.20. The molecular formula is C15H18FN3O. The average molecular weight is 275 g/mol. The molecule has 0 saturated carbocycles. The lowest BCUT2D eigenvalue weighted by molar-refractivity contribution is 0.577. The van der Waals surface area contributed by atoms with Gasteiger partial charge in [0, 0.05) is 25.1 Å². The summed E-state index contributed by atoms with van der Waals surface area (Å²) in [7, 11) is 0. The van der Waals surface area contributed by atoms with Crippen molar-refractivity contribution in [1.29, 1.82) is 0 Å². The Morgan fingerprint density at radius 1 is 1.35 bits per heavy atom. The zero-order valence-corrected chi connectivity index (χ0v) is 11.6. The second-order valence-corrected chi connectivity index (χ2v) is 4.99. The normalized spacial score (nSPS) is 11.0. The van der Waals surface area contributed by atoms with Gasteiger partial charge in [0.25, 0.3) is 5.56 Å². The zero-order valence-electron chi connectivity index (χ0n) is 11.6. The third-order valence-electron chi connectivity index (χ3n) is 2.85. The minimum Gasteiger partial charge on any atom is -0.310 e. The van der Waals surface area contributed by atoms with E-state index in [-0.39, 0.29) is 17.8 Å². The predicted octanol–water partition coefficient (Wildman–Crippen LogP) is 2.00. The van der Waals surface area contributed by atoms with Gasteiger partial charge in [-0.2, -0.15) is 0 Å². The van der Waals surface area contributed by atoms with Crippen LogP contribution in [-0.4, -0.2) is 16.0 Å². The van der Waals surface area contributed by atoms with Crippen LogP contribution in [-0.2, 0) is 13.0 Å². The minimum atomic E-state index is -0.291. The van der Waals surface area contributed by atoms with Gasteiger partial charge < -0.3 is 10.3 Å². The molecule has 1 aromatic heterocycles. The number of nitrogens with one attached hydrogen (secondary N) is 2. The van der Waals surface area contributed by atoms with Crippen LogP contribution < -0.4 is 10.9 Å². The maximum absolute atomic E-state index is 13.6. The summed E-state index contributed by atoms with van der Waals surface area (Å²) in [6.07, 6.45) is 0.275. The molecule has 0 spiro atoms. The number of hydrogen-bond donors (Lipinski definition) is 2. The highest BCUT2D eigenvalue weighted by Gasteiger charge is 2.06. The molecule has 2 N–H and O–H groups in total. The Morgan fingerprint density at radius 3 is 2.80 bits per heavy atom. The number of nitrogens with zero attached hydrogens (tertiary/aromatic N) is 1. The Hall–Kier alpha value is -2.01. The molecule has 0 aliphatic heterocycles. The van der Waals surface area contributed by atoms with E-state index in [1.54, 1.807) is 18.2 Å². The van der Waals surface area contributed by atoms with Gasteiger partial charge >= 0.3 is 0 Å². The lowest BCUT2D eigenvalue weighted by Gasteiger charge is -2.08. The topological polar surface area (TPSA) is 57.8 Å². The van der Waals surface area contributed by atoms with Crippen LogP contribution in [0.25, 0.3) is 0 Å². The van der Waals surface area contributed by atoms with Crippen molar-refractivity contribution in [2.45, 2.75) is 32.9 Å². The van der Waals surface area contributed by atoms with Gasteiger partial charge in [0.05, 0.1) is 5.69 Å². The summed E-state index contributed by atoms with van der Waals surface area (Å²) in [5.41, 5.74) is 0.963. The van der Waals surface area contributed by atoms with E-state index < -0.39 is 0 Å². The van der Waals surface area contributed by atoms with Gasteiger partial charge in [0.1, 0.15) is 11.6 Å². The van der Waals surface area contributed by atoms with E-state index in [2.05, 4.69) is 15.3 Å². The van der Waals surface area contributed by atoms with Gasteiger partial charge in [-0.25, -0.2) is 9.37 Å². The second-order valence-electron chi connectivity index (χ2n) is 4.99. The van der Waals surface area contributed by atoms with Crippen molar-refractivity contribution in [3.05, 3.63) is 63.6 Å². The molecule has 0 fully saturated rings. The van der Waals surface area contributed by atoms with Gasteiger partial charge in [0.2, 0.25) is 0 Å². The standard InChI is InChI=1S/C15H18FN3O/c1-10(2)17-9-12-8-15(20)19-14(18-12)7-11-5-3-4-6-13(11)16/h3-6,8,10,17H,7,9H2,1-2H3,(H,18,19,20). The molecule has 2 rings (SSSR count). The van der Waals surface area contributed by atoms with E-state index in [0.29, 0.717) is 29.7 Å². The Bertz CT molecular complexity index is 637. The van der Waals surface area contributed by atoms with Gasteiger partial charge in [-0.1, -0.05) is 32.0 Å². The number of hydrogen-bond acceptors (Lipinski definition) is 3. The summed E-state index contributed by atoms with van der Waals surface area (Å²) < 4.78 is 13.6. The van der Waals surface area contributed by atoms with Crippen molar-refractivity contribution in [3.8, 4) is 0 Å². The van der Waals surface area contributed by atoms with Crippen LogP contribution in [0.4, 0.5) is 4.39 Å². The van der Waals surface area contributed by atoms with Gasteiger partial charge in [-0.05, 0) is 11.6 Å². The number of benzene rings is 1. The van der Waals surface area contributed by atoms with Crippen LogP contribution in [0.3, 0.4) is 0 Å². The van der Waals surface area contributed by atoms with E-state index in [1.165, 1.54) is 12.1 Å². The van der Waals surface area contributed by atoms with E-state index in [1.807, 2.05) is 13.8 Å². The van der Waals surface area contributed by atoms with Crippen molar-refractivity contribution in [2.24, 2.45) is 0 Å². The largest absolute Gasteiger partial charge is 0.310 e. The first-order valence-corrected chi connectivity index (χ1v) is 6.60. The Labute approximate surface area is 117 Å². The lowest BCUT2D eigenvalue weighted by atomic mass is 10.1. The molecular weight excluding hydrogens is 257 g/mol. The molecule has 5 heteroatoms. The Morgan fingerprint density at radius 2 is 2.10 bits per heavy atom. The van der Waals surface area contributed by atoms with E-state index in [0.717, 1.165) is 0 Å². The lowest BCUT2D eigenvalue weighted by Crippen LogP contribution is -2.24. The zero-order chi connectivity index (χ0) is 14.5.